The van der Waals surface area contributed by atoms with Crippen molar-refractivity contribution in [2.24, 2.45) is 5.92 Å². The highest BCUT2D eigenvalue weighted by atomic mass is 15.0. The van der Waals surface area contributed by atoms with E-state index in [1.807, 2.05) is 24.8 Å². The number of allylic oxidation sites excluding steroid dienone is 9. The average Bonchev–Trinajstić information content (AvgIpc) is 3.57. The van der Waals surface area contributed by atoms with Gasteiger partial charge in [-0.3, -0.25) is 9.97 Å². The van der Waals surface area contributed by atoms with Crippen LogP contribution in [0.4, 0.5) is 0 Å². The maximum atomic E-state index is 5.46. The Bertz CT molecular complexity index is 2820. The fourth-order valence-electron chi connectivity index (χ4n) is 10.2. The maximum Gasteiger partial charge on any atom is 0.164 e. The molecule has 3 aromatic heterocycles. The Morgan fingerprint density at radius 1 is 0.673 bits per heavy atom. The molecule has 0 fully saturated rings. The zero-order chi connectivity index (χ0) is 37.2. The summed E-state index contributed by atoms with van der Waals surface area (Å²) in [7, 11) is 0. The average molecular weight is 712 g/mol. The second-order valence-corrected chi connectivity index (χ2v) is 16.9. The molecule has 3 unspecified atom stereocenters. The number of fused-ring (bicyclic) bond motifs is 9. The van der Waals surface area contributed by atoms with E-state index < -0.39 is 0 Å². The summed E-state index contributed by atoms with van der Waals surface area (Å²) in [6, 6.07) is 22.5. The Hall–Kier alpha value is -6.07. The van der Waals surface area contributed by atoms with Crippen molar-refractivity contribution in [3.63, 3.8) is 0 Å². The van der Waals surface area contributed by atoms with Crippen LogP contribution in [0.2, 0.25) is 0 Å². The summed E-state index contributed by atoms with van der Waals surface area (Å²) in [6.07, 6.45) is 24.4. The fourth-order valence-corrected chi connectivity index (χ4v) is 10.2. The largest absolute Gasteiger partial charge is 0.264 e. The van der Waals surface area contributed by atoms with E-state index >= 15 is 0 Å². The molecule has 3 aromatic carbocycles. The number of pyridine rings is 2. The highest BCUT2D eigenvalue weighted by molar-refractivity contribution is 5.97. The van der Waals surface area contributed by atoms with Crippen molar-refractivity contribution >= 4 is 22.4 Å². The molecule has 3 heterocycles. The van der Waals surface area contributed by atoms with Crippen molar-refractivity contribution < 1.29 is 0 Å². The van der Waals surface area contributed by atoms with Crippen molar-refractivity contribution in [3.8, 4) is 22.5 Å². The molecule has 0 amide bonds. The normalized spacial score (nSPS) is 21.8. The zero-order valence-electron chi connectivity index (χ0n) is 31.8. The van der Waals surface area contributed by atoms with Gasteiger partial charge in [-0.15, -0.1) is 0 Å². The van der Waals surface area contributed by atoms with Crippen LogP contribution >= 0.6 is 0 Å². The van der Waals surface area contributed by atoms with Crippen molar-refractivity contribution in [1.29, 1.82) is 0 Å². The van der Waals surface area contributed by atoms with Crippen LogP contribution in [0, 0.1) is 12.8 Å². The number of rotatable bonds is 3. The Balaban J connectivity index is 1.12. The summed E-state index contributed by atoms with van der Waals surface area (Å²) in [5.41, 5.74) is 16.7. The molecule has 0 radical (unpaired) electrons. The second kappa shape index (κ2) is 11.5. The summed E-state index contributed by atoms with van der Waals surface area (Å²) in [4.78, 5) is 25.2. The van der Waals surface area contributed by atoms with Crippen LogP contribution in [0.3, 0.4) is 0 Å². The standard InChI is InChI=1S/C50H41N5/c1-28-16-17-32-36-23-43-38(25-42(36)49(2,3)41(32)22-28)45-33-13-7-6-12-31(33)37(24-44(45)50(43,4)5)48-54-46(34-14-8-10-29-18-20-51-26-39(29)34)53-47(55-48)35-15-9-11-30-19-21-52-27-40(30)35/h6-14,16-27,31,35,37H,15H2,1-5H3. The minimum atomic E-state index is -0.221. The van der Waals surface area contributed by atoms with E-state index in [1.54, 1.807) is 0 Å². The molecule has 5 heteroatoms. The van der Waals surface area contributed by atoms with Crippen LogP contribution in [0.5, 0.6) is 0 Å². The van der Waals surface area contributed by atoms with E-state index in [1.165, 1.54) is 55.7 Å². The summed E-state index contributed by atoms with van der Waals surface area (Å²) < 4.78 is 0. The van der Waals surface area contributed by atoms with Crippen LogP contribution in [0.25, 0.3) is 44.9 Å². The summed E-state index contributed by atoms with van der Waals surface area (Å²) in [6.45, 7) is 11.8. The van der Waals surface area contributed by atoms with E-state index in [0.717, 1.165) is 45.5 Å². The lowest BCUT2D eigenvalue weighted by molar-refractivity contribution is 0.588. The van der Waals surface area contributed by atoms with Gasteiger partial charge in [0.1, 0.15) is 11.6 Å². The van der Waals surface area contributed by atoms with E-state index in [0.29, 0.717) is 5.82 Å². The van der Waals surface area contributed by atoms with Gasteiger partial charge < -0.3 is 0 Å². The van der Waals surface area contributed by atoms with E-state index in [9.17, 15) is 0 Å². The lowest BCUT2D eigenvalue weighted by atomic mass is 9.70. The van der Waals surface area contributed by atoms with E-state index in [4.69, 9.17) is 15.0 Å². The molecule has 0 N–H and O–H groups in total. The van der Waals surface area contributed by atoms with Crippen LogP contribution in [0.15, 0.2) is 133 Å². The molecule has 0 saturated heterocycles. The molecular formula is C50H41N5. The summed E-state index contributed by atoms with van der Waals surface area (Å²) >= 11 is 0. The van der Waals surface area contributed by atoms with Gasteiger partial charge in [0.2, 0.25) is 0 Å². The van der Waals surface area contributed by atoms with Gasteiger partial charge in [0, 0.05) is 64.3 Å². The van der Waals surface area contributed by atoms with Gasteiger partial charge in [0.25, 0.3) is 0 Å². The van der Waals surface area contributed by atoms with Crippen LogP contribution < -0.4 is 0 Å². The maximum absolute atomic E-state index is 5.46. The Kier molecular flexibility index (Phi) is 6.75. The van der Waals surface area contributed by atoms with Crippen molar-refractivity contribution in [2.75, 3.05) is 0 Å². The quantitative estimate of drug-likeness (QED) is 0.183. The van der Waals surface area contributed by atoms with Gasteiger partial charge in [-0.05, 0) is 104 Å². The van der Waals surface area contributed by atoms with Gasteiger partial charge in [0.05, 0.1) is 0 Å². The molecule has 266 valence electrons. The topological polar surface area (TPSA) is 64.5 Å². The van der Waals surface area contributed by atoms with Crippen LogP contribution in [-0.2, 0) is 10.8 Å². The first-order valence-corrected chi connectivity index (χ1v) is 19.5. The lowest BCUT2D eigenvalue weighted by Crippen LogP contribution is -2.25. The molecule has 5 nitrogen and oxygen atoms in total. The summed E-state index contributed by atoms with van der Waals surface area (Å²) in [5, 5.41) is 2.14. The van der Waals surface area contributed by atoms with E-state index in [2.05, 4.69) is 148 Å². The van der Waals surface area contributed by atoms with Gasteiger partial charge in [-0.25, -0.2) is 15.0 Å². The third kappa shape index (κ3) is 4.62. The van der Waals surface area contributed by atoms with Crippen molar-refractivity contribution in [3.05, 3.63) is 184 Å². The molecular weight excluding hydrogens is 671 g/mol. The predicted molar refractivity (Wildman–Crippen MR) is 222 cm³/mol. The minimum Gasteiger partial charge on any atom is -0.264 e. The first-order valence-electron chi connectivity index (χ1n) is 19.5. The molecule has 0 aliphatic heterocycles. The third-order valence-electron chi connectivity index (χ3n) is 13.1. The first kappa shape index (κ1) is 32.4. The number of aryl methyl sites for hydroxylation is 1. The van der Waals surface area contributed by atoms with Gasteiger partial charge >= 0.3 is 0 Å². The number of hydrogen-bond acceptors (Lipinski definition) is 5. The van der Waals surface area contributed by atoms with Crippen molar-refractivity contribution in [1.82, 2.24) is 24.9 Å². The Morgan fingerprint density at radius 3 is 2.38 bits per heavy atom. The molecule has 5 aliphatic rings. The molecule has 11 rings (SSSR count). The summed E-state index contributed by atoms with van der Waals surface area (Å²) in [5.74, 6) is 2.22. The SMILES string of the molecule is Cc1ccc2c(c1)C(C)(C)c1cc3c(cc1-2)C(C)(C)C1=CC(c2nc(-c4cccc5ccncc45)nc(C4CC=Cc5ccncc54)n2)C2C=CC=CC2=C13. The number of aromatic nitrogens is 5. The molecule has 5 aliphatic carbocycles. The highest BCUT2D eigenvalue weighted by Gasteiger charge is 2.47. The number of hydrogen-bond donors (Lipinski definition) is 0. The molecule has 55 heavy (non-hydrogen) atoms. The molecule has 0 spiro atoms. The zero-order valence-corrected chi connectivity index (χ0v) is 31.8. The number of nitrogens with zero attached hydrogens (tertiary/aromatic N) is 5. The van der Waals surface area contributed by atoms with Crippen molar-refractivity contribution in [2.45, 2.75) is 63.7 Å². The lowest BCUT2D eigenvalue weighted by Gasteiger charge is -2.34. The van der Waals surface area contributed by atoms with E-state index in [-0.39, 0.29) is 28.6 Å². The van der Waals surface area contributed by atoms with Crippen LogP contribution in [0.1, 0.15) is 96.5 Å². The first-order chi connectivity index (χ1) is 26.7. The predicted octanol–water partition coefficient (Wildman–Crippen LogP) is 11.2. The van der Waals surface area contributed by atoms with Gasteiger partial charge in [-0.2, -0.15) is 0 Å². The highest BCUT2D eigenvalue weighted by Crippen LogP contribution is 2.60. The fraction of sp³-hybridized carbons (Fsp3) is 0.220. The minimum absolute atomic E-state index is 0.0320. The molecule has 3 atom stereocenters. The second-order valence-electron chi connectivity index (χ2n) is 16.9. The van der Waals surface area contributed by atoms with Gasteiger partial charge in [0.15, 0.2) is 5.82 Å². The third-order valence-corrected chi connectivity index (χ3v) is 13.1. The van der Waals surface area contributed by atoms with Gasteiger partial charge in [-0.1, -0.05) is 112 Å². The molecule has 6 aromatic rings. The molecule has 0 saturated carbocycles. The Morgan fingerprint density at radius 2 is 1.47 bits per heavy atom. The molecule has 0 bridgehead atoms. The number of benzene rings is 3. The smallest absolute Gasteiger partial charge is 0.164 e. The van der Waals surface area contributed by atoms with Crippen LogP contribution in [-0.4, -0.2) is 24.9 Å². The monoisotopic (exact) mass is 711 g/mol. The Labute approximate surface area is 322 Å².